The second kappa shape index (κ2) is 9.40. The molecule has 0 aliphatic carbocycles. The zero-order chi connectivity index (χ0) is 22.7. The van der Waals surface area contributed by atoms with E-state index < -0.39 is 17.8 Å². The van der Waals surface area contributed by atoms with E-state index >= 15 is 0 Å². The van der Waals surface area contributed by atoms with Gasteiger partial charge in [-0.1, -0.05) is 36.7 Å². The van der Waals surface area contributed by atoms with Crippen LogP contribution in [0.25, 0.3) is 0 Å². The molecule has 1 aliphatic rings. The van der Waals surface area contributed by atoms with Gasteiger partial charge in [0.25, 0.3) is 0 Å². The summed E-state index contributed by atoms with van der Waals surface area (Å²) in [6.45, 7) is 4.08. The molecular weight excluding hydrogens is 435 g/mol. The minimum Gasteiger partial charge on any atom is -0.489 e. The van der Waals surface area contributed by atoms with E-state index in [0.717, 1.165) is 12.0 Å². The topological polar surface area (TPSA) is 78.3 Å². The molecule has 2 aromatic carbocycles. The minimum absolute atomic E-state index is 0.000962. The lowest BCUT2D eigenvalue weighted by Crippen LogP contribution is -2.29. The maximum Gasteiger partial charge on any atom is 0.338 e. The Morgan fingerprint density at radius 3 is 2.75 bits per heavy atom. The highest BCUT2D eigenvalue weighted by atomic mass is 35.5. The average Bonchev–Trinajstić information content (AvgIpc) is 3.24. The Bertz CT molecular complexity index is 1140. The van der Waals surface area contributed by atoms with E-state index in [4.69, 9.17) is 21.1 Å². The average molecular weight is 457 g/mol. The Morgan fingerprint density at radius 1 is 1.25 bits per heavy atom. The third-order valence-electron chi connectivity index (χ3n) is 5.09. The number of hydrogen-bond acceptors (Lipinski definition) is 6. The monoisotopic (exact) mass is 456 g/mol. The van der Waals surface area contributed by atoms with E-state index in [1.54, 1.807) is 28.9 Å². The molecular formula is C23H22ClFN4O3. The lowest BCUT2D eigenvalue weighted by Gasteiger charge is -2.28. The van der Waals surface area contributed by atoms with Crippen LogP contribution in [0.1, 0.15) is 37.4 Å². The van der Waals surface area contributed by atoms with Gasteiger partial charge in [-0.2, -0.15) is 10.1 Å². The Balaban J connectivity index is 1.59. The standard InChI is InChI=1S/C23H22ClFN4O3/c1-3-11-31-22(30)20-14(2)28-23-26-13-27-29(23)21(20)15-7-9-16(10-8-15)32-12-17-18(24)5-4-6-19(17)25/h4-10,13,21H,3,11-12H2,1-2H3,(H,26,27,28). The molecule has 0 saturated heterocycles. The molecule has 0 bridgehead atoms. The highest BCUT2D eigenvalue weighted by molar-refractivity contribution is 6.31. The summed E-state index contributed by atoms with van der Waals surface area (Å²) in [5.41, 5.74) is 2.22. The molecule has 9 heteroatoms. The molecule has 0 saturated carbocycles. The van der Waals surface area contributed by atoms with Crippen molar-refractivity contribution in [2.75, 3.05) is 11.9 Å². The number of ether oxygens (including phenoxy) is 2. The second-order valence-electron chi connectivity index (χ2n) is 7.29. The van der Waals surface area contributed by atoms with Crippen LogP contribution in [0.2, 0.25) is 5.02 Å². The summed E-state index contributed by atoms with van der Waals surface area (Å²) in [5, 5.41) is 7.71. The van der Waals surface area contributed by atoms with Crippen molar-refractivity contribution in [3.63, 3.8) is 0 Å². The maximum atomic E-state index is 14.0. The van der Waals surface area contributed by atoms with Gasteiger partial charge in [0.2, 0.25) is 5.95 Å². The number of aromatic nitrogens is 3. The van der Waals surface area contributed by atoms with Gasteiger partial charge in [0.1, 0.15) is 30.5 Å². The van der Waals surface area contributed by atoms with Crippen molar-refractivity contribution in [3.05, 3.63) is 82.0 Å². The Kier molecular flexibility index (Phi) is 6.41. The highest BCUT2D eigenvalue weighted by Gasteiger charge is 2.34. The van der Waals surface area contributed by atoms with E-state index in [0.29, 0.717) is 40.2 Å². The second-order valence-corrected chi connectivity index (χ2v) is 7.70. The number of halogens is 2. The molecule has 1 aliphatic heterocycles. The summed E-state index contributed by atoms with van der Waals surface area (Å²) >= 11 is 6.06. The van der Waals surface area contributed by atoms with Crippen molar-refractivity contribution in [2.24, 2.45) is 0 Å². The third kappa shape index (κ3) is 4.31. The van der Waals surface area contributed by atoms with Gasteiger partial charge in [0, 0.05) is 11.3 Å². The first-order chi connectivity index (χ1) is 15.5. The Labute approximate surface area is 189 Å². The van der Waals surface area contributed by atoms with Crippen molar-refractivity contribution < 1.29 is 18.7 Å². The molecule has 2 heterocycles. The molecule has 166 valence electrons. The van der Waals surface area contributed by atoms with Crippen molar-refractivity contribution in [3.8, 4) is 5.75 Å². The summed E-state index contributed by atoms with van der Waals surface area (Å²) in [4.78, 5) is 17.0. The molecule has 7 nitrogen and oxygen atoms in total. The van der Waals surface area contributed by atoms with E-state index in [-0.39, 0.29) is 6.61 Å². The molecule has 32 heavy (non-hydrogen) atoms. The first-order valence-corrected chi connectivity index (χ1v) is 10.6. The third-order valence-corrected chi connectivity index (χ3v) is 5.45. The molecule has 0 radical (unpaired) electrons. The first-order valence-electron chi connectivity index (χ1n) is 10.2. The van der Waals surface area contributed by atoms with Crippen LogP contribution in [0.3, 0.4) is 0 Å². The van der Waals surface area contributed by atoms with E-state index in [1.165, 1.54) is 12.4 Å². The fraction of sp³-hybridized carbons (Fsp3) is 0.261. The molecule has 0 amide bonds. The number of nitrogens with zero attached hydrogens (tertiary/aromatic N) is 3. The van der Waals surface area contributed by atoms with Gasteiger partial charge in [-0.05, 0) is 43.2 Å². The number of benzene rings is 2. The molecule has 1 aromatic heterocycles. The predicted octanol–water partition coefficient (Wildman–Crippen LogP) is 4.89. The van der Waals surface area contributed by atoms with Crippen LogP contribution in [-0.4, -0.2) is 27.3 Å². The summed E-state index contributed by atoms with van der Waals surface area (Å²) in [5.74, 6) is 0.251. The SMILES string of the molecule is CCCOC(=O)C1=C(C)Nc2ncnn2C1c1ccc(OCc2c(F)cccc2Cl)cc1. The van der Waals surface area contributed by atoms with E-state index in [9.17, 15) is 9.18 Å². The molecule has 1 atom stereocenters. The normalized spacial score (nSPS) is 15.2. The van der Waals surface area contributed by atoms with Crippen LogP contribution in [0.15, 0.2) is 60.1 Å². The number of anilines is 1. The predicted molar refractivity (Wildman–Crippen MR) is 118 cm³/mol. The number of rotatable bonds is 7. The van der Waals surface area contributed by atoms with E-state index in [2.05, 4.69) is 15.4 Å². The van der Waals surface area contributed by atoms with Crippen molar-refractivity contribution in [2.45, 2.75) is 32.9 Å². The molecule has 4 rings (SSSR count). The number of carbonyl (C=O) groups excluding carboxylic acids is 1. The number of carbonyl (C=O) groups is 1. The zero-order valence-electron chi connectivity index (χ0n) is 17.6. The minimum atomic E-state index is -0.506. The van der Waals surface area contributed by atoms with Crippen molar-refractivity contribution in [1.29, 1.82) is 0 Å². The van der Waals surface area contributed by atoms with Gasteiger partial charge in [0.15, 0.2) is 0 Å². The fourth-order valence-corrected chi connectivity index (χ4v) is 3.73. The summed E-state index contributed by atoms with van der Waals surface area (Å²) in [7, 11) is 0. The summed E-state index contributed by atoms with van der Waals surface area (Å²) in [6.07, 6.45) is 2.15. The number of esters is 1. The quantitative estimate of drug-likeness (QED) is 0.510. The van der Waals surface area contributed by atoms with Crippen LogP contribution in [0.4, 0.5) is 10.3 Å². The zero-order valence-corrected chi connectivity index (χ0v) is 18.4. The number of fused-ring (bicyclic) bond motifs is 1. The fourth-order valence-electron chi connectivity index (χ4n) is 3.51. The van der Waals surface area contributed by atoms with Gasteiger partial charge < -0.3 is 14.8 Å². The lowest BCUT2D eigenvalue weighted by molar-refractivity contribution is -0.139. The van der Waals surface area contributed by atoms with Crippen LogP contribution in [-0.2, 0) is 16.1 Å². The van der Waals surface area contributed by atoms with Gasteiger partial charge in [-0.3, -0.25) is 0 Å². The molecule has 0 spiro atoms. The molecule has 0 fully saturated rings. The largest absolute Gasteiger partial charge is 0.489 e. The molecule has 3 aromatic rings. The van der Waals surface area contributed by atoms with Gasteiger partial charge in [0.05, 0.1) is 17.2 Å². The van der Waals surface area contributed by atoms with Crippen LogP contribution < -0.4 is 10.1 Å². The number of nitrogens with one attached hydrogen (secondary N) is 1. The van der Waals surface area contributed by atoms with Gasteiger partial charge in [-0.25, -0.2) is 13.9 Å². The van der Waals surface area contributed by atoms with Crippen molar-refractivity contribution in [1.82, 2.24) is 14.8 Å². The van der Waals surface area contributed by atoms with Crippen molar-refractivity contribution >= 4 is 23.5 Å². The summed E-state index contributed by atoms with van der Waals surface area (Å²) in [6, 6.07) is 11.2. The first kappa shape index (κ1) is 21.8. The maximum absolute atomic E-state index is 14.0. The number of hydrogen-bond donors (Lipinski definition) is 1. The van der Waals surface area contributed by atoms with Crippen LogP contribution in [0.5, 0.6) is 5.75 Å². The Hall–Kier alpha value is -3.39. The van der Waals surface area contributed by atoms with Gasteiger partial charge >= 0.3 is 5.97 Å². The van der Waals surface area contributed by atoms with Crippen LogP contribution in [0, 0.1) is 5.82 Å². The smallest absolute Gasteiger partial charge is 0.338 e. The van der Waals surface area contributed by atoms with Crippen LogP contribution >= 0.6 is 11.6 Å². The van der Waals surface area contributed by atoms with Gasteiger partial charge in [-0.15, -0.1) is 0 Å². The summed E-state index contributed by atoms with van der Waals surface area (Å²) < 4.78 is 26.8. The number of allylic oxidation sites excluding steroid dienone is 1. The Morgan fingerprint density at radius 2 is 2.03 bits per heavy atom. The lowest BCUT2D eigenvalue weighted by atomic mass is 9.96. The highest BCUT2D eigenvalue weighted by Crippen LogP contribution is 2.36. The molecule has 1 N–H and O–H groups in total. The molecule has 1 unspecified atom stereocenters. The van der Waals surface area contributed by atoms with E-state index in [1.807, 2.05) is 26.0 Å².